The van der Waals surface area contributed by atoms with Crippen molar-refractivity contribution in [1.29, 1.82) is 0 Å². The first-order valence-electron chi connectivity index (χ1n) is 9.93. The Morgan fingerprint density at radius 2 is 1.34 bits per heavy atom. The Morgan fingerprint density at radius 1 is 0.750 bits per heavy atom. The van der Waals surface area contributed by atoms with Gasteiger partial charge < -0.3 is 0 Å². The lowest BCUT2D eigenvalue weighted by molar-refractivity contribution is 0.600. The summed E-state index contributed by atoms with van der Waals surface area (Å²) in [7, 11) is -7.73. The van der Waals surface area contributed by atoms with Crippen LogP contribution in [-0.2, 0) is 26.5 Å². The molecule has 0 bridgehead atoms. The number of unbranched alkanes of at least 4 members (excludes halogenated alkanes) is 2. The predicted octanol–water partition coefficient (Wildman–Crippen LogP) is 4.46. The molecule has 3 rings (SSSR count). The highest BCUT2D eigenvalue weighted by atomic mass is 35.5. The van der Waals surface area contributed by atoms with E-state index in [9.17, 15) is 16.8 Å². The average Bonchev–Trinajstić information content (AvgIpc) is 2.76. The van der Waals surface area contributed by atoms with E-state index in [1.165, 1.54) is 36.4 Å². The van der Waals surface area contributed by atoms with Gasteiger partial charge in [-0.05, 0) is 66.9 Å². The van der Waals surface area contributed by atoms with E-state index in [4.69, 9.17) is 11.6 Å². The van der Waals surface area contributed by atoms with Gasteiger partial charge in [0.2, 0.25) is 0 Å². The lowest BCUT2D eigenvalue weighted by atomic mass is 10.1. The molecule has 0 radical (unpaired) electrons. The zero-order chi connectivity index (χ0) is 23.2. The molecule has 0 atom stereocenters. The smallest absolute Gasteiger partial charge is 0.263 e. The van der Waals surface area contributed by atoms with Crippen LogP contribution in [0.4, 0.5) is 11.5 Å². The molecule has 0 spiro atoms. The molecule has 0 aliphatic heterocycles. The molecule has 0 amide bonds. The second-order valence-electron chi connectivity index (χ2n) is 7.08. The van der Waals surface area contributed by atoms with Gasteiger partial charge in [-0.2, -0.15) is 0 Å². The molecule has 0 aliphatic carbocycles. The van der Waals surface area contributed by atoms with Gasteiger partial charge in [0.1, 0.15) is 0 Å². The standard InChI is InChI=1S/C21H23ClN4O4S2/c1-2-3-4-5-16-6-10-18(11-7-16)31(27,28)25-17-8-12-19(13-9-17)32(29,30)26-21-15-14-20(22)23-24-21/h6-15,25H,2-5H2,1H3,(H,24,26). The van der Waals surface area contributed by atoms with Gasteiger partial charge in [0.05, 0.1) is 9.79 Å². The fourth-order valence-electron chi connectivity index (χ4n) is 2.90. The van der Waals surface area contributed by atoms with Crippen molar-refractivity contribution in [2.45, 2.75) is 42.4 Å². The Balaban J connectivity index is 1.68. The van der Waals surface area contributed by atoms with E-state index in [-0.39, 0.29) is 26.4 Å². The lowest BCUT2D eigenvalue weighted by Crippen LogP contribution is -2.15. The van der Waals surface area contributed by atoms with Gasteiger partial charge in [-0.15, -0.1) is 10.2 Å². The minimum atomic E-state index is -3.93. The van der Waals surface area contributed by atoms with E-state index in [0.717, 1.165) is 31.2 Å². The Hall–Kier alpha value is -2.69. The van der Waals surface area contributed by atoms with Crippen molar-refractivity contribution >= 4 is 43.2 Å². The molecule has 0 saturated carbocycles. The third kappa shape index (κ3) is 6.41. The first-order valence-corrected chi connectivity index (χ1v) is 13.3. The van der Waals surface area contributed by atoms with Gasteiger partial charge in [0, 0.05) is 5.69 Å². The summed E-state index contributed by atoms with van der Waals surface area (Å²) in [6.07, 6.45) is 4.24. The van der Waals surface area contributed by atoms with Crippen molar-refractivity contribution in [3.8, 4) is 0 Å². The highest BCUT2D eigenvalue weighted by Crippen LogP contribution is 2.21. The average molecular weight is 495 g/mol. The number of benzene rings is 2. The molecule has 170 valence electrons. The zero-order valence-corrected chi connectivity index (χ0v) is 19.7. The van der Waals surface area contributed by atoms with E-state index in [1.54, 1.807) is 12.1 Å². The molecular weight excluding hydrogens is 472 g/mol. The van der Waals surface area contributed by atoms with Crippen molar-refractivity contribution in [1.82, 2.24) is 10.2 Å². The number of rotatable bonds is 10. The van der Waals surface area contributed by atoms with E-state index >= 15 is 0 Å². The van der Waals surface area contributed by atoms with Crippen molar-refractivity contribution < 1.29 is 16.8 Å². The maximum atomic E-state index is 12.7. The summed E-state index contributed by atoms with van der Waals surface area (Å²) in [5.74, 6) is 0.0114. The second kappa shape index (κ2) is 10.3. The number of sulfonamides is 2. The Bertz CT molecular complexity index is 1250. The molecule has 1 aromatic heterocycles. The van der Waals surface area contributed by atoms with E-state index < -0.39 is 20.0 Å². The first kappa shape index (κ1) is 24.0. The zero-order valence-electron chi connectivity index (χ0n) is 17.3. The van der Waals surface area contributed by atoms with Gasteiger partial charge in [0.25, 0.3) is 20.0 Å². The SMILES string of the molecule is CCCCCc1ccc(S(=O)(=O)Nc2ccc(S(=O)(=O)Nc3ccc(Cl)nn3)cc2)cc1. The fraction of sp³-hybridized carbons (Fsp3) is 0.238. The molecule has 3 aromatic rings. The topological polar surface area (TPSA) is 118 Å². The summed E-state index contributed by atoms with van der Waals surface area (Å²) >= 11 is 5.64. The quantitative estimate of drug-likeness (QED) is 0.401. The molecule has 1 heterocycles. The fourth-order valence-corrected chi connectivity index (χ4v) is 5.05. The van der Waals surface area contributed by atoms with Crippen LogP contribution < -0.4 is 9.44 Å². The van der Waals surface area contributed by atoms with Gasteiger partial charge >= 0.3 is 0 Å². The maximum Gasteiger partial charge on any atom is 0.263 e. The van der Waals surface area contributed by atoms with Crippen molar-refractivity contribution in [2.75, 3.05) is 9.44 Å². The molecular formula is C21H23ClN4O4S2. The largest absolute Gasteiger partial charge is 0.280 e. The summed E-state index contributed by atoms with van der Waals surface area (Å²) < 4.78 is 55.0. The highest BCUT2D eigenvalue weighted by Gasteiger charge is 2.17. The highest BCUT2D eigenvalue weighted by molar-refractivity contribution is 7.93. The number of halogens is 1. The van der Waals surface area contributed by atoms with E-state index in [2.05, 4.69) is 26.6 Å². The molecule has 8 nitrogen and oxygen atoms in total. The number of aryl methyl sites for hydroxylation is 1. The van der Waals surface area contributed by atoms with Crippen LogP contribution in [0, 0.1) is 0 Å². The van der Waals surface area contributed by atoms with Crippen LogP contribution in [0.2, 0.25) is 5.15 Å². The lowest BCUT2D eigenvalue weighted by Gasteiger charge is -2.10. The molecule has 2 N–H and O–H groups in total. The van der Waals surface area contributed by atoms with E-state index in [0.29, 0.717) is 0 Å². The normalized spacial score (nSPS) is 11.8. The summed E-state index contributed by atoms with van der Waals surface area (Å²) in [5.41, 5.74) is 1.33. The number of hydrogen-bond donors (Lipinski definition) is 2. The summed E-state index contributed by atoms with van der Waals surface area (Å²) in [5, 5.41) is 7.36. The second-order valence-corrected chi connectivity index (χ2v) is 10.8. The van der Waals surface area contributed by atoms with Gasteiger partial charge in [-0.3, -0.25) is 9.44 Å². The van der Waals surface area contributed by atoms with Crippen molar-refractivity contribution in [3.05, 3.63) is 71.4 Å². The van der Waals surface area contributed by atoms with E-state index in [1.807, 2.05) is 12.1 Å². The molecule has 11 heteroatoms. The minimum absolute atomic E-state index is 0.0114. The molecule has 0 fully saturated rings. The maximum absolute atomic E-state index is 12.7. The van der Waals surface area contributed by atoms with Crippen LogP contribution in [0.5, 0.6) is 0 Å². The molecule has 2 aromatic carbocycles. The molecule has 0 aliphatic rings. The third-order valence-corrected chi connectivity index (χ3v) is 7.56. The number of anilines is 2. The number of nitrogens with one attached hydrogen (secondary N) is 2. The van der Waals surface area contributed by atoms with Crippen LogP contribution in [0.25, 0.3) is 0 Å². The van der Waals surface area contributed by atoms with Crippen LogP contribution in [-0.4, -0.2) is 27.0 Å². The first-order chi connectivity index (χ1) is 15.2. The van der Waals surface area contributed by atoms with Crippen LogP contribution >= 0.6 is 11.6 Å². The minimum Gasteiger partial charge on any atom is -0.280 e. The molecule has 32 heavy (non-hydrogen) atoms. The predicted molar refractivity (Wildman–Crippen MR) is 125 cm³/mol. The number of aromatic nitrogens is 2. The van der Waals surface area contributed by atoms with Gasteiger partial charge in [-0.25, -0.2) is 16.8 Å². The summed E-state index contributed by atoms with van der Waals surface area (Å²) in [4.78, 5) is 0.0741. The summed E-state index contributed by atoms with van der Waals surface area (Å²) in [6, 6.07) is 14.9. The third-order valence-electron chi connectivity index (χ3n) is 4.59. The van der Waals surface area contributed by atoms with Crippen molar-refractivity contribution in [3.63, 3.8) is 0 Å². The molecule has 0 unspecified atom stereocenters. The van der Waals surface area contributed by atoms with Crippen LogP contribution in [0.15, 0.2) is 70.5 Å². The van der Waals surface area contributed by atoms with Crippen LogP contribution in [0.3, 0.4) is 0 Å². The monoisotopic (exact) mass is 494 g/mol. The Morgan fingerprint density at radius 3 is 1.91 bits per heavy atom. The number of nitrogens with zero attached hydrogens (tertiary/aromatic N) is 2. The van der Waals surface area contributed by atoms with Crippen LogP contribution in [0.1, 0.15) is 31.7 Å². The Kier molecular flexibility index (Phi) is 7.70. The van der Waals surface area contributed by atoms with Gasteiger partial charge in [-0.1, -0.05) is 43.5 Å². The van der Waals surface area contributed by atoms with Gasteiger partial charge in [0.15, 0.2) is 11.0 Å². The van der Waals surface area contributed by atoms with Crippen molar-refractivity contribution in [2.24, 2.45) is 0 Å². The summed E-state index contributed by atoms with van der Waals surface area (Å²) in [6.45, 7) is 2.13. The number of hydrogen-bond acceptors (Lipinski definition) is 6. The molecule has 0 saturated heterocycles. The Labute approximate surface area is 193 Å².